The molecule has 1 aromatic rings. The molecule has 0 aromatic heterocycles. The summed E-state index contributed by atoms with van der Waals surface area (Å²) in [6.45, 7) is 5.29. The van der Waals surface area contributed by atoms with E-state index >= 15 is 0 Å². The Morgan fingerprint density at radius 3 is 2.65 bits per heavy atom. The van der Waals surface area contributed by atoms with Crippen LogP contribution in [0.2, 0.25) is 0 Å². The minimum Gasteiger partial charge on any atom is -0.481 e. The van der Waals surface area contributed by atoms with E-state index in [9.17, 15) is 14.0 Å². The van der Waals surface area contributed by atoms with Crippen LogP contribution in [-0.4, -0.2) is 67.5 Å². The first-order valence-corrected chi connectivity index (χ1v) is 9.63. The zero-order valence-corrected chi connectivity index (χ0v) is 16.6. The van der Waals surface area contributed by atoms with Gasteiger partial charge in [-0.2, -0.15) is 0 Å². The van der Waals surface area contributed by atoms with Crippen molar-refractivity contribution in [1.82, 2.24) is 15.1 Å². The molecule has 0 spiro atoms. The van der Waals surface area contributed by atoms with Gasteiger partial charge in [-0.25, -0.2) is 4.39 Å². The van der Waals surface area contributed by atoms with Crippen LogP contribution in [0.1, 0.15) is 19.8 Å². The van der Waals surface area contributed by atoms with Crippen LogP contribution in [0.15, 0.2) is 22.7 Å². The summed E-state index contributed by atoms with van der Waals surface area (Å²) in [5.74, 6) is -0.610. The van der Waals surface area contributed by atoms with Crippen molar-refractivity contribution >= 4 is 27.7 Å². The normalized spacial score (nSPS) is 15.0. The van der Waals surface area contributed by atoms with Crippen LogP contribution in [0.3, 0.4) is 0 Å². The van der Waals surface area contributed by atoms with Gasteiger partial charge in [-0.3, -0.25) is 14.5 Å². The molecule has 6 nitrogen and oxygen atoms in total. The Hall–Kier alpha value is -1.67. The molecule has 1 aliphatic heterocycles. The fourth-order valence-electron chi connectivity index (χ4n) is 2.64. The third-order valence-corrected chi connectivity index (χ3v) is 4.68. The minimum atomic E-state index is -0.508. The van der Waals surface area contributed by atoms with Gasteiger partial charge in [-0.1, -0.05) is 29.3 Å². The molecule has 1 N–H and O–H groups in total. The van der Waals surface area contributed by atoms with E-state index in [1.54, 1.807) is 11.0 Å². The number of benzene rings is 1. The molecule has 144 valence electrons. The van der Waals surface area contributed by atoms with Gasteiger partial charge in [0, 0.05) is 37.2 Å². The minimum absolute atomic E-state index is 0.0206. The molecule has 2 amide bonds. The largest absolute Gasteiger partial charge is 0.481 e. The highest BCUT2D eigenvalue weighted by atomic mass is 79.9. The summed E-state index contributed by atoms with van der Waals surface area (Å²) in [7, 11) is 0. The Morgan fingerprint density at radius 1 is 1.27 bits per heavy atom. The van der Waals surface area contributed by atoms with Gasteiger partial charge in [-0.05, 0) is 24.6 Å². The maximum Gasteiger partial charge on any atom is 0.260 e. The number of nitrogens with zero attached hydrogens (tertiary/aromatic N) is 2. The fraction of sp³-hybridized carbons (Fsp3) is 0.556. The molecular weight excluding hydrogens is 405 g/mol. The van der Waals surface area contributed by atoms with Gasteiger partial charge in [0.1, 0.15) is 0 Å². The Morgan fingerprint density at radius 2 is 2.00 bits per heavy atom. The lowest BCUT2D eigenvalue weighted by atomic mass is 10.3. The molecule has 0 unspecified atom stereocenters. The highest BCUT2D eigenvalue weighted by Crippen LogP contribution is 2.21. The molecule has 1 aliphatic rings. The van der Waals surface area contributed by atoms with Crippen LogP contribution in [-0.2, 0) is 9.59 Å². The first-order chi connectivity index (χ1) is 12.5. The topological polar surface area (TPSA) is 61.9 Å². The van der Waals surface area contributed by atoms with E-state index in [0.717, 1.165) is 12.8 Å². The number of halogens is 2. The van der Waals surface area contributed by atoms with Crippen LogP contribution >= 0.6 is 15.9 Å². The van der Waals surface area contributed by atoms with E-state index in [1.807, 2.05) is 4.90 Å². The lowest BCUT2D eigenvalue weighted by Gasteiger charge is -2.34. The average molecular weight is 430 g/mol. The predicted molar refractivity (Wildman–Crippen MR) is 101 cm³/mol. The third kappa shape index (κ3) is 6.57. The summed E-state index contributed by atoms with van der Waals surface area (Å²) in [5, 5.41) is 2.89. The number of unbranched alkanes of at least 4 members (excludes halogenated alkanes) is 1. The first kappa shape index (κ1) is 20.6. The molecule has 0 aliphatic carbocycles. The standard InChI is InChI=1S/C18H25BrFN3O3/c1-2-3-6-21-17(24)12-22-7-9-23(10-8-22)18(25)13-26-16-5-4-14(19)11-15(16)20/h4-5,11H,2-3,6-10,12-13H2,1H3,(H,21,24). The van der Waals surface area contributed by atoms with Crippen molar-refractivity contribution in [1.29, 1.82) is 0 Å². The molecule has 26 heavy (non-hydrogen) atoms. The monoisotopic (exact) mass is 429 g/mol. The maximum absolute atomic E-state index is 13.7. The van der Waals surface area contributed by atoms with E-state index in [0.29, 0.717) is 43.7 Å². The first-order valence-electron chi connectivity index (χ1n) is 8.84. The number of amides is 2. The molecule has 1 saturated heterocycles. The summed E-state index contributed by atoms with van der Waals surface area (Å²) < 4.78 is 19.6. The second kappa shape index (κ2) is 10.5. The van der Waals surface area contributed by atoms with Crippen molar-refractivity contribution < 1.29 is 18.7 Å². The van der Waals surface area contributed by atoms with Crippen LogP contribution in [0.4, 0.5) is 4.39 Å². The second-order valence-corrected chi connectivity index (χ2v) is 7.14. The van der Waals surface area contributed by atoms with Gasteiger partial charge in [0.2, 0.25) is 5.91 Å². The molecule has 0 bridgehead atoms. The number of carbonyl (C=O) groups is 2. The average Bonchev–Trinajstić information content (AvgIpc) is 2.61. The molecule has 1 aromatic carbocycles. The molecule has 8 heteroatoms. The third-order valence-electron chi connectivity index (χ3n) is 4.19. The van der Waals surface area contributed by atoms with Crippen LogP contribution < -0.4 is 10.1 Å². The van der Waals surface area contributed by atoms with Crippen LogP contribution in [0.5, 0.6) is 5.75 Å². The van der Waals surface area contributed by atoms with Crippen molar-refractivity contribution in [3.63, 3.8) is 0 Å². The molecule has 0 atom stereocenters. The lowest BCUT2D eigenvalue weighted by Crippen LogP contribution is -2.52. The van der Waals surface area contributed by atoms with E-state index < -0.39 is 5.82 Å². The SMILES string of the molecule is CCCCNC(=O)CN1CCN(C(=O)COc2ccc(Br)cc2F)CC1. The maximum atomic E-state index is 13.7. The summed E-state index contributed by atoms with van der Waals surface area (Å²) in [6, 6.07) is 4.44. The smallest absolute Gasteiger partial charge is 0.260 e. The van der Waals surface area contributed by atoms with Gasteiger partial charge >= 0.3 is 0 Å². The number of nitrogens with one attached hydrogen (secondary N) is 1. The molecular formula is C18H25BrFN3O3. The Labute approximate surface area is 161 Å². The summed E-state index contributed by atoms with van der Waals surface area (Å²) in [6.07, 6.45) is 2.03. The number of carbonyl (C=O) groups excluding carboxylic acids is 2. The van der Waals surface area contributed by atoms with E-state index in [-0.39, 0.29) is 24.2 Å². The lowest BCUT2D eigenvalue weighted by molar-refractivity contribution is -0.135. The molecule has 1 fully saturated rings. The molecule has 1 heterocycles. The van der Waals surface area contributed by atoms with Crippen molar-refractivity contribution in [2.75, 3.05) is 45.9 Å². The molecule has 0 radical (unpaired) electrons. The number of hydrogen-bond donors (Lipinski definition) is 1. The number of rotatable bonds is 8. The fourth-order valence-corrected chi connectivity index (χ4v) is 2.98. The van der Waals surface area contributed by atoms with Gasteiger partial charge in [0.05, 0.1) is 6.54 Å². The van der Waals surface area contributed by atoms with E-state index in [1.165, 1.54) is 12.1 Å². The van der Waals surface area contributed by atoms with Crippen molar-refractivity contribution in [2.45, 2.75) is 19.8 Å². The Bertz CT molecular complexity index is 622. The summed E-state index contributed by atoms with van der Waals surface area (Å²) in [4.78, 5) is 27.8. The quantitative estimate of drug-likeness (QED) is 0.642. The number of hydrogen-bond acceptors (Lipinski definition) is 4. The summed E-state index contributed by atoms with van der Waals surface area (Å²) in [5.41, 5.74) is 0. The van der Waals surface area contributed by atoms with Crippen molar-refractivity contribution in [3.8, 4) is 5.75 Å². The molecule has 2 rings (SSSR count). The number of ether oxygens (including phenoxy) is 1. The zero-order valence-electron chi connectivity index (χ0n) is 15.0. The van der Waals surface area contributed by atoms with E-state index in [4.69, 9.17) is 4.74 Å². The van der Waals surface area contributed by atoms with Crippen LogP contribution in [0.25, 0.3) is 0 Å². The highest BCUT2D eigenvalue weighted by molar-refractivity contribution is 9.10. The predicted octanol–water partition coefficient (Wildman–Crippen LogP) is 2.03. The zero-order chi connectivity index (χ0) is 18.9. The van der Waals surface area contributed by atoms with Crippen molar-refractivity contribution in [3.05, 3.63) is 28.5 Å². The van der Waals surface area contributed by atoms with Gasteiger partial charge < -0.3 is 15.0 Å². The highest BCUT2D eigenvalue weighted by Gasteiger charge is 2.22. The van der Waals surface area contributed by atoms with Gasteiger partial charge in [0.15, 0.2) is 18.2 Å². The van der Waals surface area contributed by atoms with Gasteiger partial charge in [0.25, 0.3) is 5.91 Å². The Balaban J connectivity index is 1.70. The number of piperazine rings is 1. The Kier molecular flexibility index (Phi) is 8.31. The summed E-state index contributed by atoms with van der Waals surface area (Å²) >= 11 is 3.17. The van der Waals surface area contributed by atoms with E-state index in [2.05, 4.69) is 28.2 Å². The second-order valence-electron chi connectivity index (χ2n) is 6.22. The van der Waals surface area contributed by atoms with Crippen LogP contribution in [0, 0.1) is 5.82 Å². The van der Waals surface area contributed by atoms with Crippen molar-refractivity contribution in [2.24, 2.45) is 0 Å². The van der Waals surface area contributed by atoms with Gasteiger partial charge in [-0.15, -0.1) is 0 Å². The molecule has 0 saturated carbocycles.